The second-order valence-corrected chi connectivity index (χ2v) is 12.6. The average molecular weight is 676 g/mol. The summed E-state index contributed by atoms with van der Waals surface area (Å²) in [5, 5.41) is 23.7. The molecule has 0 spiro atoms. The van der Waals surface area contributed by atoms with Crippen LogP contribution < -0.4 is 5.73 Å². The van der Waals surface area contributed by atoms with Crippen molar-refractivity contribution in [3.8, 4) is 11.5 Å². The van der Waals surface area contributed by atoms with E-state index >= 15 is 0 Å². The number of nitrogens with two attached hydrogens (primary N) is 1. The summed E-state index contributed by atoms with van der Waals surface area (Å²) in [5.41, 5.74) is 14.8. The zero-order valence-corrected chi connectivity index (χ0v) is 28.6. The van der Waals surface area contributed by atoms with Crippen LogP contribution in [0.25, 0.3) is 43.6 Å². The van der Waals surface area contributed by atoms with Crippen molar-refractivity contribution in [2.75, 3.05) is 7.11 Å². The third-order valence-corrected chi connectivity index (χ3v) is 9.64. The molecule has 8 heteroatoms. The lowest BCUT2D eigenvalue weighted by molar-refractivity contribution is 0.0603. The number of benzene rings is 6. The van der Waals surface area contributed by atoms with Crippen LogP contribution in [0.5, 0.6) is 11.5 Å². The van der Waals surface area contributed by atoms with Gasteiger partial charge >= 0.3 is 5.97 Å². The van der Waals surface area contributed by atoms with Crippen molar-refractivity contribution in [3.63, 3.8) is 0 Å². The van der Waals surface area contributed by atoms with Crippen LogP contribution in [0.3, 0.4) is 0 Å². The molecule has 4 N–H and O–H groups in total. The molecule has 0 fully saturated rings. The number of aryl methyl sites for hydroxylation is 2. The number of fused-ring (bicyclic) bond motifs is 6. The molecule has 0 radical (unpaired) electrons. The number of esters is 1. The maximum absolute atomic E-state index is 12.3. The van der Waals surface area contributed by atoms with Gasteiger partial charge in [0.1, 0.15) is 11.5 Å². The number of phenols is 2. The molecule has 0 saturated heterocycles. The van der Waals surface area contributed by atoms with E-state index in [1.54, 1.807) is 24.3 Å². The molecule has 8 aromatic rings. The van der Waals surface area contributed by atoms with Crippen molar-refractivity contribution in [3.05, 3.63) is 155 Å². The molecule has 2 heterocycles. The Kier molecular flexibility index (Phi) is 8.67. The second-order valence-electron chi connectivity index (χ2n) is 12.6. The van der Waals surface area contributed by atoms with E-state index in [-0.39, 0.29) is 11.5 Å². The zero-order chi connectivity index (χ0) is 35.8. The lowest BCUT2D eigenvalue weighted by Gasteiger charge is -2.10. The van der Waals surface area contributed by atoms with E-state index in [4.69, 9.17) is 10.5 Å². The lowest BCUT2D eigenvalue weighted by atomic mass is 10.1. The van der Waals surface area contributed by atoms with E-state index in [2.05, 4.69) is 47.2 Å². The van der Waals surface area contributed by atoms with Gasteiger partial charge in [-0.25, -0.2) is 4.79 Å². The highest BCUT2D eigenvalue weighted by Crippen LogP contribution is 2.39. The van der Waals surface area contributed by atoms with Gasteiger partial charge in [0, 0.05) is 29.4 Å². The van der Waals surface area contributed by atoms with Gasteiger partial charge in [-0.1, -0.05) is 72.8 Å². The number of carbonyl (C=O) groups is 2. The third kappa shape index (κ3) is 5.80. The van der Waals surface area contributed by atoms with Crippen LogP contribution in [0.15, 0.2) is 121 Å². The second kappa shape index (κ2) is 13.4. The fourth-order valence-electron chi connectivity index (χ4n) is 7.08. The topological polar surface area (TPSA) is 120 Å². The van der Waals surface area contributed by atoms with Crippen molar-refractivity contribution >= 4 is 55.5 Å². The Morgan fingerprint density at radius 2 is 0.941 bits per heavy atom. The molecule has 0 bridgehead atoms. The molecule has 2 aromatic heterocycles. The molecule has 1 amide bonds. The highest BCUT2D eigenvalue weighted by Gasteiger charge is 2.21. The van der Waals surface area contributed by atoms with Crippen molar-refractivity contribution < 1.29 is 24.5 Å². The Morgan fingerprint density at radius 3 is 1.37 bits per heavy atom. The van der Waals surface area contributed by atoms with Gasteiger partial charge < -0.3 is 29.8 Å². The van der Waals surface area contributed by atoms with Crippen molar-refractivity contribution in [1.82, 2.24) is 9.13 Å². The van der Waals surface area contributed by atoms with Gasteiger partial charge in [0.2, 0.25) is 5.91 Å². The van der Waals surface area contributed by atoms with Crippen LogP contribution in [-0.2, 0) is 17.8 Å². The fourth-order valence-corrected chi connectivity index (χ4v) is 7.08. The van der Waals surface area contributed by atoms with Crippen LogP contribution >= 0.6 is 0 Å². The molecule has 254 valence electrons. The van der Waals surface area contributed by atoms with Crippen LogP contribution in [0.4, 0.5) is 0 Å². The van der Waals surface area contributed by atoms with Gasteiger partial charge in [-0.05, 0) is 84.6 Å². The van der Waals surface area contributed by atoms with Crippen molar-refractivity contribution in [2.45, 2.75) is 26.9 Å². The van der Waals surface area contributed by atoms with Crippen LogP contribution in [-0.4, -0.2) is 38.3 Å². The number of amides is 1. The monoisotopic (exact) mass is 675 g/mol. The van der Waals surface area contributed by atoms with E-state index in [0.29, 0.717) is 40.4 Å². The minimum absolute atomic E-state index is 0.153. The highest BCUT2D eigenvalue weighted by atomic mass is 16.5. The van der Waals surface area contributed by atoms with Gasteiger partial charge in [-0.2, -0.15) is 0 Å². The predicted octanol–water partition coefficient (Wildman–Crippen LogP) is 8.60. The number of rotatable bonds is 6. The van der Waals surface area contributed by atoms with E-state index in [0.717, 1.165) is 27.5 Å². The number of phenolic OH excluding ortho intramolecular Hbond substituents is 2. The first-order valence-corrected chi connectivity index (χ1v) is 16.6. The number of carbonyl (C=O) groups excluding carboxylic acids is 2. The number of hydrogen-bond donors (Lipinski definition) is 3. The number of nitrogens with zero attached hydrogens (tertiary/aromatic N) is 2. The molecule has 8 nitrogen and oxygen atoms in total. The molecule has 0 aliphatic rings. The average Bonchev–Trinajstić information content (AvgIpc) is 3.64. The number of hydrogen-bond acceptors (Lipinski definition) is 5. The fraction of sp³-hybridized carbons (Fsp3) is 0.116. The number of aromatic hydroxyl groups is 2. The molecule has 0 saturated carbocycles. The largest absolute Gasteiger partial charge is 0.507 e. The minimum atomic E-state index is -0.496. The molecule has 0 atom stereocenters. The van der Waals surface area contributed by atoms with Gasteiger partial charge in [0.15, 0.2) is 0 Å². The van der Waals surface area contributed by atoms with E-state index in [9.17, 15) is 19.8 Å². The smallest absolute Gasteiger partial charge is 0.338 e. The van der Waals surface area contributed by atoms with E-state index in [1.807, 2.05) is 72.8 Å². The first-order valence-electron chi connectivity index (χ1n) is 16.6. The maximum Gasteiger partial charge on any atom is 0.338 e. The first-order chi connectivity index (χ1) is 24.7. The standard InChI is InChI=1S/C22H19NO3.C21H18N2O2/c1-14-7-3-4-8-15(14)13-23-17-10-5-9-16(22(25)26-2)20(17)21-18(23)11-6-12-19(21)24;1-13-6-2-3-7-14(13)12-23-16-9-4-8-15(21(22)25)19(16)20-17(23)10-5-11-18(20)24/h3-12,24H,13H2,1-2H3;2-11,24H,12H2,1H3,(H2,22,25). The van der Waals surface area contributed by atoms with Crippen LogP contribution in [0.1, 0.15) is 43.0 Å². The zero-order valence-electron chi connectivity index (χ0n) is 28.6. The molecular weight excluding hydrogens is 638 g/mol. The SMILES string of the molecule is COC(=O)c1cccc2c1c1c(O)cccc1n2Cc1ccccc1C.Cc1ccccc1Cn1c2cccc(O)c2c2c(C(N)=O)cccc21. The summed E-state index contributed by atoms with van der Waals surface area (Å²) in [7, 11) is 1.37. The maximum atomic E-state index is 12.3. The molecule has 0 aliphatic heterocycles. The Morgan fingerprint density at radius 1 is 0.549 bits per heavy atom. The van der Waals surface area contributed by atoms with E-state index < -0.39 is 11.9 Å². The van der Waals surface area contributed by atoms with Gasteiger partial charge in [0.05, 0.1) is 45.5 Å². The summed E-state index contributed by atoms with van der Waals surface area (Å²) in [6.07, 6.45) is 0. The summed E-state index contributed by atoms with van der Waals surface area (Å²) in [5.74, 6) is -0.593. The molecule has 0 unspecified atom stereocenters. The first kappa shape index (κ1) is 33.0. The van der Waals surface area contributed by atoms with Crippen molar-refractivity contribution in [1.29, 1.82) is 0 Å². The molecule has 6 aromatic carbocycles. The van der Waals surface area contributed by atoms with E-state index in [1.165, 1.54) is 29.4 Å². The minimum Gasteiger partial charge on any atom is -0.507 e. The molecule has 8 rings (SSSR count). The third-order valence-electron chi connectivity index (χ3n) is 9.64. The Bertz CT molecular complexity index is 2630. The number of ether oxygens (including phenoxy) is 1. The van der Waals surface area contributed by atoms with Gasteiger partial charge in [-0.3, -0.25) is 4.79 Å². The summed E-state index contributed by atoms with van der Waals surface area (Å²) in [6, 6.07) is 38.3. The summed E-state index contributed by atoms with van der Waals surface area (Å²) < 4.78 is 9.21. The summed E-state index contributed by atoms with van der Waals surface area (Å²) in [6.45, 7) is 5.47. The van der Waals surface area contributed by atoms with Crippen LogP contribution in [0, 0.1) is 13.8 Å². The molecule has 0 aliphatic carbocycles. The number of primary amides is 1. The normalized spacial score (nSPS) is 11.2. The Balaban J connectivity index is 0.000000159. The quantitative estimate of drug-likeness (QED) is 0.153. The lowest BCUT2D eigenvalue weighted by Crippen LogP contribution is -2.11. The summed E-state index contributed by atoms with van der Waals surface area (Å²) >= 11 is 0. The van der Waals surface area contributed by atoms with Gasteiger partial charge in [-0.15, -0.1) is 0 Å². The van der Waals surface area contributed by atoms with Crippen molar-refractivity contribution in [2.24, 2.45) is 5.73 Å². The number of aromatic nitrogens is 2. The number of methoxy groups -OCH3 is 1. The highest BCUT2D eigenvalue weighted by molar-refractivity contribution is 6.20. The van der Waals surface area contributed by atoms with Crippen LogP contribution in [0.2, 0.25) is 0 Å². The summed E-state index contributed by atoms with van der Waals surface area (Å²) in [4.78, 5) is 24.2. The Labute approximate surface area is 294 Å². The molecular formula is C43H37N3O5. The predicted molar refractivity (Wildman–Crippen MR) is 203 cm³/mol. The Hall–Kier alpha value is -6.54. The molecule has 51 heavy (non-hydrogen) atoms. The van der Waals surface area contributed by atoms with Gasteiger partial charge in [0.25, 0.3) is 0 Å².